The van der Waals surface area contributed by atoms with E-state index in [1.165, 1.54) is 6.92 Å². The molecule has 1 unspecified atom stereocenters. The molecule has 8 heteroatoms. The lowest BCUT2D eigenvalue weighted by molar-refractivity contribution is -0.0908. The third-order valence-corrected chi connectivity index (χ3v) is 1.93. The number of dihydropyridines is 1. The number of aliphatic hydroxyl groups is 1. The lowest BCUT2D eigenvalue weighted by atomic mass is 10.0. The largest absolute Gasteiger partial charge is 0.416 e. The van der Waals surface area contributed by atoms with Crippen LogP contribution in [0.3, 0.4) is 0 Å². The number of allylic oxidation sites excluding steroid dienone is 3. The summed E-state index contributed by atoms with van der Waals surface area (Å²) in [6.45, 7) is 1.12. The van der Waals surface area contributed by atoms with Crippen LogP contribution in [0.1, 0.15) is 6.92 Å². The van der Waals surface area contributed by atoms with E-state index in [1.807, 2.05) is 0 Å². The summed E-state index contributed by atoms with van der Waals surface area (Å²) in [5, 5.41) is 11.7. The van der Waals surface area contributed by atoms with Gasteiger partial charge in [0.15, 0.2) is 0 Å². The molecule has 0 aromatic heterocycles. The first-order valence-corrected chi connectivity index (χ1v) is 3.99. The molecule has 0 saturated heterocycles. The predicted octanol–water partition coefficient (Wildman–Crippen LogP) is 1.47. The van der Waals surface area contributed by atoms with Crippen molar-refractivity contribution >= 4 is 24.8 Å². The predicted molar refractivity (Wildman–Crippen MR) is 59.5 cm³/mol. The summed E-state index contributed by atoms with van der Waals surface area (Å²) in [4.78, 5) is 0. The molecule has 0 bridgehead atoms. The summed E-state index contributed by atoms with van der Waals surface area (Å²) in [6.07, 6.45) is -4.88. The van der Waals surface area contributed by atoms with Gasteiger partial charge in [-0.2, -0.15) is 13.2 Å². The first kappa shape index (κ1) is 17.9. The van der Waals surface area contributed by atoms with Crippen LogP contribution in [0.5, 0.6) is 0 Å². The Morgan fingerprint density at radius 2 is 1.94 bits per heavy atom. The molecule has 16 heavy (non-hydrogen) atoms. The fraction of sp³-hybridized carbons (Fsp3) is 0.500. The maximum atomic E-state index is 12.4. The maximum Gasteiger partial charge on any atom is 0.416 e. The number of nitrogens with two attached hydrogens (primary N) is 1. The van der Waals surface area contributed by atoms with Gasteiger partial charge in [0.1, 0.15) is 6.23 Å². The van der Waals surface area contributed by atoms with Crippen molar-refractivity contribution < 1.29 is 18.3 Å². The molecule has 0 fully saturated rings. The third kappa shape index (κ3) is 3.86. The van der Waals surface area contributed by atoms with Gasteiger partial charge in [-0.1, -0.05) is 0 Å². The summed E-state index contributed by atoms with van der Waals surface area (Å²) in [7, 11) is 0. The number of alkyl halides is 3. The highest BCUT2D eigenvalue weighted by molar-refractivity contribution is 5.85. The van der Waals surface area contributed by atoms with Crippen LogP contribution in [-0.4, -0.2) is 24.1 Å². The van der Waals surface area contributed by atoms with Crippen molar-refractivity contribution in [2.75, 3.05) is 6.54 Å². The van der Waals surface area contributed by atoms with E-state index in [4.69, 9.17) is 5.73 Å². The van der Waals surface area contributed by atoms with Crippen molar-refractivity contribution in [3.05, 3.63) is 22.9 Å². The number of hydrogen-bond donors (Lipinski definition) is 3. The minimum absolute atomic E-state index is 0. The van der Waals surface area contributed by atoms with Gasteiger partial charge in [0.05, 0.1) is 5.57 Å². The minimum Gasteiger partial charge on any atom is -0.370 e. The highest BCUT2D eigenvalue weighted by Crippen LogP contribution is 2.32. The molecular formula is C8H13Cl2F3N2O. The second-order valence-corrected chi connectivity index (χ2v) is 3.02. The van der Waals surface area contributed by atoms with Crippen molar-refractivity contribution in [2.45, 2.75) is 19.3 Å². The molecule has 0 radical (unpaired) electrons. The van der Waals surface area contributed by atoms with Crippen molar-refractivity contribution in [3.8, 4) is 0 Å². The van der Waals surface area contributed by atoms with Gasteiger partial charge in [-0.15, -0.1) is 24.8 Å². The molecule has 1 aliphatic rings. The zero-order valence-electron chi connectivity index (χ0n) is 8.34. The fourth-order valence-electron chi connectivity index (χ4n) is 1.29. The van der Waals surface area contributed by atoms with E-state index in [9.17, 15) is 18.3 Å². The fourth-order valence-corrected chi connectivity index (χ4v) is 1.29. The second kappa shape index (κ2) is 6.34. The molecule has 96 valence electrons. The zero-order chi connectivity index (χ0) is 10.9. The summed E-state index contributed by atoms with van der Waals surface area (Å²) >= 11 is 0. The van der Waals surface area contributed by atoms with Crippen LogP contribution in [-0.2, 0) is 0 Å². The molecular weight excluding hydrogens is 268 g/mol. The van der Waals surface area contributed by atoms with Gasteiger partial charge < -0.3 is 16.2 Å². The standard InChI is InChI=1S/C8H11F3N2O.2ClH/c1-4-2-6(8(9,10)11)5(3-12)7(14)13-4;;/h2,7,13-14H,3,12H2,1H3;2*1H. The Bertz CT molecular complexity index is 302. The third-order valence-electron chi connectivity index (χ3n) is 1.93. The quantitative estimate of drug-likeness (QED) is 0.682. The van der Waals surface area contributed by atoms with Gasteiger partial charge in [-0.25, -0.2) is 0 Å². The van der Waals surface area contributed by atoms with E-state index >= 15 is 0 Å². The molecule has 3 nitrogen and oxygen atoms in total. The molecule has 0 amide bonds. The molecule has 0 saturated carbocycles. The van der Waals surface area contributed by atoms with Crippen LogP contribution in [0.4, 0.5) is 13.2 Å². The smallest absolute Gasteiger partial charge is 0.370 e. The molecule has 4 N–H and O–H groups in total. The summed E-state index contributed by atoms with van der Waals surface area (Å²) in [6, 6.07) is 0. The van der Waals surface area contributed by atoms with Gasteiger partial charge in [0.25, 0.3) is 0 Å². The Hall–Kier alpha value is -0.430. The first-order chi connectivity index (χ1) is 6.36. The van der Waals surface area contributed by atoms with E-state index in [2.05, 4.69) is 5.32 Å². The summed E-state index contributed by atoms with van der Waals surface area (Å²) in [5.74, 6) is 0. The number of hydrogen-bond acceptors (Lipinski definition) is 3. The second-order valence-electron chi connectivity index (χ2n) is 3.02. The maximum absolute atomic E-state index is 12.4. The van der Waals surface area contributed by atoms with Crippen molar-refractivity contribution in [1.29, 1.82) is 0 Å². The van der Waals surface area contributed by atoms with Crippen molar-refractivity contribution in [1.82, 2.24) is 5.32 Å². The topological polar surface area (TPSA) is 58.3 Å². The Balaban J connectivity index is 0. The van der Waals surface area contributed by atoms with E-state index in [1.54, 1.807) is 0 Å². The average molecular weight is 281 g/mol. The van der Waals surface area contributed by atoms with E-state index in [0.717, 1.165) is 6.08 Å². The minimum atomic E-state index is -4.47. The number of rotatable bonds is 1. The number of aliphatic hydroxyl groups excluding tert-OH is 1. The number of halogens is 5. The van der Waals surface area contributed by atoms with Crippen LogP contribution >= 0.6 is 24.8 Å². The monoisotopic (exact) mass is 280 g/mol. The summed E-state index contributed by atoms with van der Waals surface area (Å²) < 4.78 is 37.3. The zero-order valence-corrected chi connectivity index (χ0v) is 9.97. The highest BCUT2D eigenvalue weighted by Gasteiger charge is 2.37. The van der Waals surface area contributed by atoms with E-state index < -0.39 is 18.0 Å². The Kier molecular flexibility index (Phi) is 7.11. The van der Waals surface area contributed by atoms with E-state index in [0.29, 0.717) is 0 Å². The van der Waals surface area contributed by atoms with Crippen LogP contribution in [0, 0.1) is 0 Å². The lowest BCUT2D eigenvalue weighted by Crippen LogP contribution is -2.38. The Morgan fingerprint density at radius 3 is 2.31 bits per heavy atom. The highest BCUT2D eigenvalue weighted by atomic mass is 35.5. The van der Waals surface area contributed by atoms with Gasteiger partial charge in [-0.05, 0) is 13.0 Å². The van der Waals surface area contributed by atoms with Crippen LogP contribution in [0.25, 0.3) is 0 Å². The van der Waals surface area contributed by atoms with Crippen molar-refractivity contribution in [3.63, 3.8) is 0 Å². The molecule has 0 spiro atoms. The Labute approximate surface area is 103 Å². The van der Waals surface area contributed by atoms with Crippen LogP contribution in [0.15, 0.2) is 22.9 Å². The number of nitrogens with one attached hydrogen (secondary N) is 1. The van der Waals surface area contributed by atoms with Gasteiger partial charge >= 0.3 is 6.18 Å². The molecule has 1 atom stereocenters. The van der Waals surface area contributed by atoms with Gasteiger partial charge in [0.2, 0.25) is 0 Å². The molecule has 1 aliphatic heterocycles. The first-order valence-electron chi connectivity index (χ1n) is 3.99. The SMILES string of the molecule is CC1=CC(C(F)(F)F)=C(CN)C(O)N1.Cl.Cl. The summed E-state index contributed by atoms with van der Waals surface area (Å²) in [5.41, 5.74) is 4.31. The molecule has 1 rings (SSSR count). The van der Waals surface area contributed by atoms with Crippen LogP contribution in [0.2, 0.25) is 0 Å². The molecule has 0 aliphatic carbocycles. The van der Waals surface area contributed by atoms with E-state index in [-0.39, 0.29) is 42.6 Å². The molecule has 0 aromatic carbocycles. The normalized spacial score (nSPS) is 20.4. The Morgan fingerprint density at radius 1 is 1.44 bits per heavy atom. The molecule has 1 heterocycles. The van der Waals surface area contributed by atoms with Gasteiger partial charge in [0, 0.05) is 17.8 Å². The van der Waals surface area contributed by atoms with Gasteiger partial charge in [-0.3, -0.25) is 0 Å². The van der Waals surface area contributed by atoms with Crippen LogP contribution < -0.4 is 11.1 Å². The average Bonchev–Trinajstić information content (AvgIpc) is 2.01. The van der Waals surface area contributed by atoms with Crippen molar-refractivity contribution in [2.24, 2.45) is 5.73 Å². The molecule has 0 aromatic rings. The lowest BCUT2D eigenvalue weighted by Gasteiger charge is -2.25.